The maximum Gasteiger partial charge on any atom is 0.244 e. The molecule has 0 radical (unpaired) electrons. The Bertz CT molecular complexity index is 1250. The van der Waals surface area contributed by atoms with E-state index in [9.17, 15) is 4.79 Å². The summed E-state index contributed by atoms with van der Waals surface area (Å²) in [6, 6.07) is 12.3. The number of rotatable bonds is 4. The predicted molar refractivity (Wildman–Crippen MR) is 115 cm³/mol. The Morgan fingerprint density at radius 2 is 2.13 bits per heavy atom. The maximum atomic E-state index is 11.7. The number of pyridine rings is 1. The van der Waals surface area contributed by atoms with Gasteiger partial charge in [0.1, 0.15) is 5.52 Å². The number of likely N-dealkylation sites (N-methyl/N-ethyl adjacent to an activating group) is 1. The minimum atomic E-state index is 0.109. The van der Waals surface area contributed by atoms with Gasteiger partial charge in [0.25, 0.3) is 0 Å². The van der Waals surface area contributed by atoms with Crippen molar-refractivity contribution < 1.29 is 9.53 Å². The van der Waals surface area contributed by atoms with Crippen LogP contribution in [0.1, 0.15) is 12.8 Å². The largest absolute Gasteiger partial charge is 0.479 e. The summed E-state index contributed by atoms with van der Waals surface area (Å²) in [5, 5.41) is 9.05. The van der Waals surface area contributed by atoms with Crippen molar-refractivity contribution in [3.63, 3.8) is 0 Å². The van der Waals surface area contributed by atoms with E-state index in [2.05, 4.69) is 26.4 Å². The lowest BCUT2D eigenvalue weighted by Crippen LogP contribution is -2.43. The number of anilines is 1. The average molecular weight is 402 g/mol. The highest BCUT2D eigenvalue weighted by atomic mass is 16.5. The van der Waals surface area contributed by atoms with Crippen molar-refractivity contribution in [2.24, 2.45) is 0 Å². The van der Waals surface area contributed by atoms with E-state index in [1.54, 1.807) is 22.7 Å². The Kier molecular flexibility index (Phi) is 4.46. The molecule has 0 spiro atoms. The van der Waals surface area contributed by atoms with E-state index in [0.717, 1.165) is 34.0 Å². The van der Waals surface area contributed by atoms with Crippen LogP contribution in [0.3, 0.4) is 0 Å². The van der Waals surface area contributed by atoms with E-state index in [0.29, 0.717) is 24.8 Å². The first-order valence-corrected chi connectivity index (χ1v) is 9.91. The number of fused-ring (bicyclic) bond motifs is 2. The third-order valence-electron chi connectivity index (χ3n) is 5.55. The van der Waals surface area contributed by atoms with Crippen molar-refractivity contribution in [1.29, 1.82) is 0 Å². The first kappa shape index (κ1) is 18.4. The van der Waals surface area contributed by atoms with E-state index in [1.165, 1.54) is 0 Å². The lowest BCUT2D eigenvalue weighted by atomic mass is 10.0. The molecule has 1 saturated heterocycles. The zero-order valence-electron chi connectivity index (χ0n) is 16.9. The highest BCUT2D eigenvalue weighted by molar-refractivity contribution is 5.90. The van der Waals surface area contributed by atoms with E-state index < -0.39 is 0 Å². The number of benzene rings is 1. The van der Waals surface area contributed by atoms with Gasteiger partial charge in [0.15, 0.2) is 0 Å². The van der Waals surface area contributed by atoms with Gasteiger partial charge in [-0.05, 0) is 36.2 Å². The zero-order chi connectivity index (χ0) is 20.7. The number of piperidine rings is 1. The van der Waals surface area contributed by atoms with Gasteiger partial charge in [-0.15, -0.1) is 5.10 Å². The third-order valence-corrected chi connectivity index (χ3v) is 5.55. The number of nitrogens with zero attached hydrogens (tertiary/aromatic N) is 5. The second-order valence-electron chi connectivity index (χ2n) is 7.53. The van der Waals surface area contributed by atoms with Crippen LogP contribution in [0.15, 0.2) is 48.8 Å². The number of aromatic nitrogens is 4. The minimum Gasteiger partial charge on any atom is -0.479 e. The molecule has 1 aliphatic rings. The van der Waals surface area contributed by atoms with E-state index in [4.69, 9.17) is 4.74 Å². The fourth-order valence-corrected chi connectivity index (χ4v) is 3.98. The van der Waals surface area contributed by atoms with Gasteiger partial charge in [0.2, 0.25) is 17.7 Å². The molecular weight excluding hydrogens is 380 g/mol. The third kappa shape index (κ3) is 3.20. The summed E-state index contributed by atoms with van der Waals surface area (Å²) < 4.78 is 7.40. The first-order valence-electron chi connectivity index (χ1n) is 9.91. The molecule has 4 aromatic rings. The molecule has 4 heterocycles. The number of hydrogen-bond acceptors (Lipinski definition) is 6. The molecule has 5 rings (SSSR count). The van der Waals surface area contributed by atoms with Crippen molar-refractivity contribution >= 4 is 28.3 Å². The van der Waals surface area contributed by atoms with Crippen LogP contribution in [-0.4, -0.2) is 57.1 Å². The molecule has 1 unspecified atom stereocenters. The SMILES string of the molecule is COc1nc(NC2CCC(=O)N(C)C2)nn2ccc(-c3ccc4ncccc4c3)c12. The second kappa shape index (κ2) is 7.29. The Balaban J connectivity index is 1.52. The molecule has 1 N–H and O–H groups in total. The topological polar surface area (TPSA) is 84.6 Å². The normalized spacial score (nSPS) is 16.9. The van der Waals surface area contributed by atoms with Crippen molar-refractivity contribution in [1.82, 2.24) is 24.5 Å². The van der Waals surface area contributed by atoms with Crippen LogP contribution in [0.5, 0.6) is 5.88 Å². The smallest absolute Gasteiger partial charge is 0.244 e. The number of nitrogens with one attached hydrogen (secondary N) is 1. The molecule has 1 fully saturated rings. The van der Waals surface area contributed by atoms with Crippen molar-refractivity contribution in [2.75, 3.05) is 26.0 Å². The summed E-state index contributed by atoms with van der Waals surface area (Å²) in [5.41, 5.74) is 3.80. The van der Waals surface area contributed by atoms with Crippen molar-refractivity contribution in [3.8, 4) is 17.0 Å². The summed E-state index contributed by atoms with van der Waals surface area (Å²) in [7, 11) is 3.43. The lowest BCUT2D eigenvalue weighted by molar-refractivity contribution is -0.132. The van der Waals surface area contributed by atoms with Gasteiger partial charge in [0.05, 0.1) is 12.6 Å². The summed E-state index contributed by atoms with van der Waals surface area (Å²) in [6.07, 6.45) is 4.98. The molecule has 0 saturated carbocycles. The monoisotopic (exact) mass is 402 g/mol. The van der Waals surface area contributed by atoms with Gasteiger partial charge in [-0.3, -0.25) is 9.78 Å². The number of ether oxygens (including phenoxy) is 1. The lowest BCUT2D eigenvalue weighted by Gasteiger charge is -2.30. The summed E-state index contributed by atoms with van der Waals surface area (Å²) in [5.74, 6) is 1.15. The van der Waals surface area contributed by atoms with Crippen LogP contribution in [0.2, 0.25) is 0 Å². The Labute approximate surface area is 173 Å². The maximum absolute atomic E-state index is 11.7. The molecule has 1 aromatic carbocycles. The fraction of sp³-hybridized carbons (Fsp3) is 0.273. The number of carbonyl (C=O) groups excluding carboxylic acids is 1. The van der Waals surface area contributed by atoms with E-state index in [1.807, 2.05) is 43.6 Å². The van der Waals surface area contributed by atoms with E-state index >= 15 is 0 Å². The molecule has 8 heteroatoms. The minimum absolute atomic E-state index is 0.109. The highest BCUT2D eigenvalue weighted by Crippen LogP contribution is 2.33. The summed E-state index contributed by atoms with van der Waals surface area (Å²) in [6.45, 7) is 0.630. The molecule has 0 aliphatic carbocycles. The Morgan fingerprint density at radius 1 is 1.23 bits per heavy atom. The first-order chi connectivity index (χ1) is 14.6. The standard InChI is InChI=1S/C22H22N6O2/c1-27-13-16(6-8-19(27)29)24-22-25-21(30-2)20-17(9-11-28(20)26-22)14-5-7-18-15(12-14)4-3-10-23-18/h3-5,7,9-12,16H,6,8,13H2,1-2H3,(H,24,26). The number of carbonyl (C=O) groups is 1. The molecule has 30 heavy (non-hydrogen) atoms. The average Bonchev–Trinajstić information content (AvgIpc) is 3.19. The van der Waals surface area contributed by atoms with Gasteiger partial charge in [-0.2, -0.15) is 4.98 Å². The summed E-state index contributed by atoms with van der Waals surface area (Å²) in [4.78, 5) is 22.4. The predicted octanol–water partition coefficient (Wildman–Crippen LogP) is 2.99. The Hall–Kier alpha value is -3.68. The van der Waals surface area contributed by atoms with Crippen LogP contribution >= 0.6 is 0 Å². The van der Waals surface area contributed by atoms with Crippen LogP contribution in [0.4, 0.5) is 5.95 Å². The van der Waals surface area contributed by atoms with Gasteiger partial charge in [-0.1, -0.05) is 12.1 Å². The van der Waals surface area contributed by atoms with Gasteiger partial charge in [0, 0.05) is 49.4 Å². The zero-order valence-corrected chi connectivity index (χ0v) is 16.9. The number of likely N-dealkylation sites (tertiary alicyclic amines) is 1. The van der Waals surface area contributed by atoms with Gasteiger partial charge in [-0.25, -0.2) is 4.52 Å². The molecule has 1 aliphatic heterocycles. The van der Waals surface area contributed by atoms with Crippen LogP contribution in [0.25, 0.3) is 27.5 Å². The fourth-order valence-electron chi connectivity index (χ4n) is 3.98. The molecule has 1 atom stereocenters. The quantitative estimate of drug-likeness (QED) is 0.565. The molecule has 1 amide bonds. The van der Waals surface area contributed by atoms with Crippen LogP contribution < -0.4 is 10.1 Å². The number of methoxy groups -OCH3 is 1. The molecule has 152 valence electrons. The van der Waals surface area contributed by atoms with Gasteiger partial charge >= 0.3 is 0 Å². The van der Waals surface area contributed by atoms with Crippen molar-refractivity contribution in [3.05, 3.63) is 48.8 Å². The summed E-state index contributed by atoms with van der Waals surface area (Å²) >= 11 is 0. The molecular formula is C22H22N6O2. The second-order valence-corrected chi connectivity index (χ2v) is 7.53. The molecule has 3 aromatic heterocycles. The van der Waals surface area contributed by atoms with Crippen molar-refractivity contribution in [2.45, 2.75) is 18.9 Å². The van der Waals surface area contributed by atoms with Crippen LogP contribution in [0, 0.1) is 0 Å². The Morgan fingerprint density at radius 3 is 2.97 bits per heavy atom. The number of amides is 1. The van der Waals surface area contributed by atoms with Gasteiger partial charge < -0.3 is 15.0 Å². The highest BCUT2D eigenvalue weighted by Gasteiger charge is 2.24. The molecule has 8 nitrogen and oxygen atoms in total. The number of hydrogen-bond donors (Lipinski definition) is 1. The van der Waals surface area contributed by atoms with Crippen LogP contribution in [-0.2, 0) is 4.79 Å². The van der Waals surface area contributed by atoms with E-state index in [-0.39, 0.29) is 11.9 Å². The molecule has 0 bridgehead atoms.